The summed E-state index contributed by atoms with van der Waals surface area (Å²) in [5, 5.41) is 8.40. The quantitative estimate of drug-likeness (QED) is 0.842. The molecule has 0 aliphatic carbocycles. The molecule has 1 heterocycles. The van der Waals surface area contributed by atoms with Crippen LogP contribution in [0.3, 0.4) is 0 Å². The van der Waals surface area contributed by atoms with Crippen LogP contribution in [0, 0.1) is 0 Å². The van der Waals surface area contributed by atoms with Gasteiger partial charge in [-0.2, -0.15) is 0 Å². The molecule has 0 saturated heterocycles. The first kappa shape index (κ1) is 10.7. The van der Waals surface area contributed by atoms with Gasteiger partial charge in [-0.05, 0) is 22.0 Å². The number of aliphatic carboxylic acids is 1. The Labute approximate surface area is 89.4 Å². The first-order chi connectivity index (χ1) is 6.63. The molecule has 0 aliphatic rings. The van der Waals surface area contributed by atoms with E-state index in [0.29, 0.717) is 11.4 Å². The molecule has 74 valence electrons. The van der Waals surface area contributed by atoms with Crippen molar-refractivity contribution in [1.82, 2.24) is 4.98 Å². The van der Waals surface area contributed by atoms with E-state index in [9.17, 15) is 4.79 Å². The molecular weight excluding hydrogens is 250 g/mol. The third-order valence-electron chi connectivity index (χ3n) is 1.46. The molecule has 0 spiro atoms. The molecule has 1 N–H and O–H groups in total. The van der Waals surface area contributed by atoms with Gasteiger partial charge in [0.1, 0.15) is 5.75 Å². The summed E-state index contributed by atoms with van der Waals surface area (Å²) in [5.74, 6) is -0.390. The first-order valence-corrected chi connectivity index (χ1v) is 4.53. The molecule has 0 amide bonds. The maximum absolute atomic E-state index is 10.2. The van der Waals surface area contributed by atoms with Gasteiger partial charge in [-0.3, -0.25) is 4.98 Å². The number of nitrogens with zero attached hydrogens (tertiary/aromatic N) is 1. The monoisotopic (exact) mass is 257 g/mol. The topological polar surface area (TPSA) is 59.4 Å². The number of carboxylic acid groups (broad SMARTS) is 1. The molecule has 0 radical (unpaired) electrons. The van der Waals surface area contributed by atoms with Gasteiger partial charge in [-0.25, -0.2) is 4.79 Å². The molecule has 0 aromatic carbocycles. The van der Waals surface area contributed by atoms with Gasteiger partial charge in [0.05, 0.1) is 17.3 Å². The van der Waals surface area contributed by atoms with Crippen LogP contribution in [-0.4, -0.2) is 23.2 Å². The smallest absolute Gasteiger partial charge is 0.328 e. The Morgan fingerprint density at radius 2 is 2.43 bits per heavy atom. The molecule has 0 aliphatic heterocycles. The van der Waals surface area contributed by atoms with Gasteiger partial charge in [-0.1, -0.05) is 0 Å². The fraction of sp³-hybridized carbons (Fsp3) is 0.111. The van der Waals surface area contributed by atoms with E-state index in [1.54, 1.807) is 12.3 Å². The average molecular weight is 258 g/mol. The second-order valence-corrected chi connectivity index (χ2v) is 3.27. The van der Waals surface area contributed by atoms with Crippen molar-refractivity contribution in [2.24, 2.45) is 0 Å². The average Bonchev–Trinajstić information content (AvgIpc) is 2.16. The Balaban J connectivity index is 2.95. The van der Waals surface area contributed by atoms with E-state index in [1.807, 2.05) is 0 Å². The second-order valence-electron chi connectivity index (χ2n) is 2.42. The van der Waals surface area contributed by atoms with Crippen molar-refractivity contribution in [1.29, 1.82) is 0 Å². The van der Waals surface area contributed by atoms with Gasteiger partial charge < -0.3 is 9.84 Å². The zero-order valence-electron chi connectivity index (χ0n) is 7.40. The minimum Gasteiger partial charge on any atom is -0.495 e. The highest BCUT2D eigenvalue weighted by atomic mass is 79.9. The molecule has 0 atom stereocenters. The highest BCUT2D eigenvalue weighted by Crippen LogP contribution is 2.24. The predicted molar refractivity (Wildman–Crippen MR) is 55.2 cm³/mol. The minimum atomic E-state index is -1.01. The minimum absolute atomic E-state index is 0.535. The number of aromatic nitrogens is 1. The summed E-state index contributed by atoms with van der Waals surface area (Å²) in [6.07, 6.45) is 3.98. The van der Waals surface area contributed by atoms with Gasteiger partial charge in [0.2, 0.25) is 0 Å². The Morgan fingerprint density at radius 3 is 3.00 bits per heavy atom. The molecule has 4 nitrogen and oxygen atoms in total. The largest absolute Gasteiger partial charge is 0.495 e. The fourth-order valence-corrected chi connectivity index (χ4v) is 1.22. The predicted octanol–water partition coefficient (Wildman–Crippen LogP) is 1.95. The lowest BCUT2D eigenvalue weighted by atomic mass is 10.3. The summed E-state index contributed by atoms with van der Waals surface area (Å²) < 4.78 is 5.75. The molecule has 0 bridgehead atoms. The van der Waals surface area contributed by atoms with Crippen LogP contribution >= 0.6 is 15.9 Å². The van der Waals surface area contributed by atoms with Crippen LogP contribution in [0.5, 0.6) is 5.75 Å². The summed E-state index contributed by atoms with van der Waals surface area (Å²) in [6, 6.07) is 1.64. The van der Waals surface area contributed by atoms with Crippen molar-refractivity contribution in [2.75, 3.05) is 7.11 Å². The van der Waals surface area contributed by atoms with E-state index in [2.05, 4.69) is 20.9 Å². The third kappa shape index (κ3) is 2.85. The maximum Gasteiger partial charge on any atom is 0.328 e. The van der Waals surface area contributed by atoms with Crippen molar-refractivity contribution in [3.63, 3.8) is 0 Å². The Hall–Kier alpha value is -1.36. The molecule has 0 fully saturated rings. The van der Waals surface area contributed by atoms with E-state index in [0.717, 1.165) is 10.5 Å². The number of hydrogen-bond acceptors (Lipinski definition) is 3. The molecule has 1 rings (SSSR count). The summed E-state index contributed by atoms with van der Waals surface area (Å²) in [7, 11) is 1.53. The van der Waals surface area contributed by atoms with E-state index in [4.69, 9.17) is 9.84 Å². The normalized spacial score (nSPS) is 10.4. The van der Waals surface area contributed by atoms with Gasteiger partial charge in [0.15, 0.2) is 0 Å². The zero-order chi connectivity index (χ0) is 10.6. The highest BCUT2D eigenvalue weighted by Gasteiger charge is 2.00. The van der Waals surface area contributed by atoms with Crippen LogP contribution in [0.1, 0.15) is 5.69 Å². The van der Waals surface area contributed by atoms with Crippen molar-refractivity contribution in [3.8, 4) is 5.75 Å². The number of rotatable bonds is 3. The third-order valence-corrected chi connectivity index (χ3v) is 2.05. The van der Waals surface area contributed by atoms with Crippen molar-refractivity contribution in [3.05, 3.63) is 28.5 Å². The Morgan fingerprint density at radius 1 is 1.71 bits per heavy atom. The van der Waals surface area contributed by atoms with Gasteiger partial charge in [-0.15, -0.1) is 0 Å². The number of pyridine rings is 1. The van der Waals surface area contributed by atoms with Crippen LogP contribution in [0.4, 0.5) is 0 Å². The molecule has 0 saturated carbocycles. The number of hydrogen-bond donors (Lipinski definition) is 1. The summed E-state index contributed by atoms with van der Waals surface area (Å²) in [6.45, 7) is 0. The number of methoxy groups -OCH3 is 1. The number of carboxylic acids is 1. The summed E-state index contributed by atoms with van der Waals surface area (Å²) >= 11 is 3.24. The maximum atomic E-state index is 10.2. The van der Waals surface area contributed by atoms with E-state index in [1.165, 1.54) is 13.2 Å². The van der Waals surface area contributed by atoms with Gasteiger partial charge in [0, 0.05) is 18.3 Å². The van der Waals surface area contributed by atoms with Gasteiger partial charge in [0.25, 0.3) is 0 Å². The Kier molecular flexibility index (Phi) is 3.64. The second kappa shape index (κ2) is 4.76. The highest BCUT2D eigenvalue weighted by molar-refractivity contribution is 9.10. The van der Waals surface area contributed by atoms with Crippen molar-refractivity contribution >= 4 is 28.0 Å². The molecule has 14 heavy (non-hydrogen) atoms. The first-order valence-electron chi connectivity index (χ1n) is 3.74. The number of carbonyl (C=O) groups is 1. The molecule has 0 unspecified atom stereocenters. The summed E-state index contributed by atoms with van der Waals surface area (Å²) in [4.78, 5) is 14.2. The standard InChI is InChI=1S/C9H8BrNO3/c1-14-8-4-6(2-3-9(12)13)11-5-7(8)10/h2-5H,1H3,(H,12,13)/b3-2+. The van der Waals surface area contributed by atoms with Crippen LogP contribution in [0.15, 0.2) is 22.8 Å². The fourth-order valence-electron chi connectivity index (χ4n) is 0.840. The molecule has 5 heteroatoms. The van der Waals surface area contributed by atoms with Crippen LogP contribution < -0.4 is 4.74 Å². The zero-order valence-corrected chi connectivity index (χ0v) is 8.98. The van der Waals surface area contributed by atoms with Crippen molar-refractivity contribution < 1.29 is 14.6 Å². The van der Waals surface area contributed by atoms with Crippen LogP contribution in [0.25, 0.3) is 6.08 Å². The lowest BCUT2D eigenvalue weighted by Gasteiger charge is -2.02. The Bertz CT molecular complexity index is 376. The lowest BCUT2D eigenvalue weighted by Crippen LogP contribution is -1.90. The van der Waals surface area contributed by atoms with E-state index < -0.39 is 5.97 Å². The number of halogens is 1. The molecular formula is C9H8BrNO3. The van der Waals surface area contributed by atoms with Crippen molar-refractivity contribution in [2.45, 2.75) is 0 Å². The SMILES string of the molecule is COc1cc(/C=C/C(=O)O)ncc1Br. The lowest BCUT2D eigenvalue weighted by molar-refractivity contribution is -0.131. The summed E-state index contributed by atoms with van der Waals surface area (Å²) in [5.41, 5.74) is 0.535. The van der Waals surface area contributed by atoms with Crippen LogP contribution in [0.2, 0.25) is 0 Å². The molecule has 1 aromatic rings. The number of ether oxygens (including phenoxy) is 1. The van der Waals surface area contributed by atoms with Gasteiger partial charge >= 0.3 is 5.97 Å². The molecule has 1 aromatic heterocycles. The van der Waals surface area contributed by atoms with Crippen LogP contribution in [-0.2, 0) is 4.79 Å². The van der Waals surface area contributed by atoms with E-state index >= 15 is 0 Å². The van der Waals surface area contributed by atoms with E-state index in [-0.39, 0.29) is 0 Å².